The lowest BCUT2D eigenvalue weighted by molar-refractivity contribution is -0.137. The highest BCUT2D eigenvalue weighted by molar-refractivity contribution is 5.80. The summed E-state index contributed by atoms with van der Waals surface area (Å²) in [6.07, 6.45) is 7.55. The molecule has 2 saturated carbocycles. The molecule has 6 heteroatoms. The molecule has 2 aliphatic rings. The Balaban J connectivity index is 1.59. The second kappa shape index (κ2) is 9.61. The van der Waals surface area contributed by atoms with Crippen molar-refractivity contribution in [2.75, 3.05) is 33.7 Å². The number of carboxylic acids is 1. The number of aliphatic carboxylic acids is 1. The maximum atomic E-state index is 12.6. The molecule has 0 aromatic heterocycles. The van der Waals surface area contributed by atoms with Gasteiger partial charge in [-0.3, -0.25) is 9.69 Å². The Bertz CT molecular complexity index is 680. The summed E-state index contributed by atoms with van der Waals surface area (Å²) in [4.78, 5) is 27.7. The highest BCUT2D eigenvalue weighted by atomic mass is 16.4. The van der Waals surface area contributed by atoms with Crippen LogP contribution in [0.3, 0.4) is 0 Å². The molecule has 0 bridgehead atoms. The van der Waals surface area contributed by atoms with Crippen LogP contribution in [0.1, 0.15) is 50.5 Å². The van der Waals surface area contributed by atoms with Crippen LogP contribution in [-0.2, 0) is 10.3 Å². The number of benzene rings is 1. The predicted octanol–water partition coefficient (Wildman–Crippen LogP) is 3.53. The largest absolute Gasteiger partial charge is 0.480 e. The summed E-state index contributed by atoms with van der Waals surface area (Å²) in [6.45, 7) is 0.947. The van der Waals surface area contributed by atoms with Crippen molar-refractivity contribution in [1.82, 2.24) is 15.1 Å². The van der Waals surface area contributed by atoms with Gasteiger partial charge < -0.3 is 15.3 Å². The summed E-state index contributed by atoms with van der Waals surface area (Å²) in [6, 6.07) is 10.4. The van der Waals surface area contributed by atoms with E-state index >= 15 is 0 Å². The fourth-order valence-electron chi connectivity index (χ4n) is 4.81. The van der Waals surface area contributed by atoms with E-state index in [1.54, 1.807) is 0 Å². The second-order valence-electron chi connectivity index (χ2n) is 8.99. The van der Waals surface area contributed by atoms with Crippen molar-refractivity contribution in [2.24, 2.45) is 11.8 Å². The van der Waals surface area contributed by atoms with Gasteiger partial charge >= 0.3 is 12.0 Å². The van der Waals surface area contributed by atoms with Crippen LogP contribution in [0.4, 0.5) is 4.79 Å². The van der Waals surface area contributed by atoms with Crippen molar-refractivity contribution in [1.29, 1.82) is 0 Å². The summed E-state index contributed by atoms with van der Waals surface area (Å²) < 4.78 is 0. The van der Waals surface area contributed by atoms with Gasteiger partial charge in [-0.1, -0.05) is 36.8 Å². The first-order chi connectivity index (χ1) is 13.9. The third-order valence-electron chi connectivity index (χ3n) is 6.96. The van der Waals surface area contributed by atoms with Crippen molar-refractivity contribution in [3.8, 4) is 0 Å². The molecule has 160 valence electrons. The third-order valence-corrected chi connectivity index (χ3v) is 6.96. The maximum Gasteiger partial charge on any atom is 0.323 e. The van der Waals surface area contributed by atoms with E-state index < -0.39 is 5.97 Å². The van der Waals surface area contributed by atoms with Gasteiger partial charge in [0.15, 0.2) is 0 Å². The standard InChI is InChI=1S/C23H35N3O3/c1-25(2)23(20-9-4-3-5-10-20)13-11-19(12-14-23)16-26(17-21(27)28)22(29)24-15-18-7-6-8-18/h3-5,9-10,18-19H,6-8,11-17H2,1-2H3,(H,24,29)(H,27,28). The highest BCUT2D eigenvalue weighted by Crippen LogP contribution is 2.43. The van der Waals surface area contributed by atoms with Gasteiger partial charge in [0.05, 0.1) is 0 Å². The Morgan fingerprint density at radius 1 is 1.07 bits per heavy atom. The maximum absolute atomic E-state index is 12.6. The van der Waals surface area contributed by atoms with Gasteiger partial charge in [-0.25, -0.2) is 4.79 Å². The summed E-state index contributed by atoms with van der Waals surface area (Å²) in [5, 5.41) is 12.2. The molecule has 2 aliphatic carbocycles. The molecule has 1 aromatic rings. The van der Waals surface area contributed by atoms with Crippen molar-refractivity contribution in [3.63, 3.8) is 0 Å². The number of urea groups is 1. The van der Waals surface area contributed by atoms with E-state index in [-0.39, 0.29) is 18.1 Å². The van der Waals surface area contributed by atoms with E-state index in [4.69, 9.17) is 0 Å². The van der Waals surface area contributed by atoms with Gasteiger partial charge in [-0.15, -0.1) is 0 Å². The Kier molecular flexibility index (Phi) is 7.17. The second-order valence-corrected chi connectivity index (χ2v) is 8.99. The molecule has 3 rings (SSSR count). The van der Waals surface area contributed by atoms with Gasteiger partial charge in [-0.2, -0.15) is 0 Å². The first-order valence-corrected chi connectivity index (χ1v) is 10.9. The summed E-state index contributed by atoms with van der Waals surface area (Å²) in [7, 11) is 4.27. The van der Waals surface area contributed by atoms with E-state index in [0.29, 0.717) is 24.9 Å². The Labute approximate surface area is 174 Å². The minimum atomic E-state index is -0.952. The van der Waals surface area contributed by atoms with E-state index in [0.717, 1.165) is 38.5 Å². The number of hydrogen-bond donors (Lipinski definition) is 2. The molecule has 2 fully saturated rings. The van der Waals surface area contributed by atoms with Gasteiger partial charge in [0.25, 0.3) is 0 Å². The predicted molar refractivity (Wildman–Crippen MR) is 114 cm³/mol. The van der Waals surface area contributed by atoms with Crippen LogP contribution >= 0.6 is 0 Å². The van der Waals surface area contributed by atoms with Crippen molar-refractivity contribution in [2.45, 2.75) is 50.5 Å². The number of nitrogens with zero attached hydrogens (tertiary/aromatic N) is 2. The third kappa shape index (κ3) is 5.30. The number of carbonyl (C=O) groups is 2. The quantitative estimate of drug-likeness (QED) is 0.699. The van der Waals surface area contributed by atoms with E-state index in [2.05, 4.69) is 48.6 Å². The molecule has 0 heterocycles. The van der Waals surface area contributed by atoms with E-state index in [1.807, 2.05) is 6.07 Å². The number of rotatable bonds is 8. The molecular formula is C23H35N3O3. The number of carbonyl (C=O) groups excluding carboxylic acids is 1. The zero-order chi connectivity index (χ0) is 20.9. The SMILES string of the molecule is CN(C)C1(c2ccccc2)CCC(CN(CC(=O)O)C(=O)NCC2CCC2)CC1. The zero-order valence-electron chi connectivity index (χ0n) is 17.8. The lowest BCUT2D eigenvalue weighted by atomic mass is 9.72. The molecule has 0 saturated heterocycles. The van der Waals surface area contributed by atoms with Crippen LogP contribution in [0.5, 0.6) is 0 Å². The molecule has 0 spiro atoms. The smallest absolute Gasteiger partial charge is 0.323 e. The van der Waals surface area contributed by atoms with Crippen LogP contribution < -0.4 is 5.32 Å². The van der Waals surface area contributed by atoms with E-state index in [1.165, 1.54) is 16.9 Å². The molecule has 2 amide bonds. The topological polar surface area (TPSA) is 72.9 Å². The van der Waals surface area contributed by atoms with Crippen molar-refractivity contribution >= 4 is 12.0 Å². The molecule has 6 nitrogen and oxygen atoms in total. The number of amides is 2. The number of carboxylic acid groups (broad SMARTS) is 1. The molecule has 0 radical (unpaired) electrons. The fourth-order valence-corrected chi connectivity index (χ4v) is 4.81. The minimum absolute atomic E-state index is 0.0157. The summed E-state index contributed by atoms with van der Waals surface area (Å²) >= 11 is 0. The van der Waals surface area contributed by atoms with Crippen molar-refractivity contribution in [3.05, 3.63) is 35.9 Å². The van der Waals surface area contributed by atoms with Gasteiger partial charge in [-0.05, 0) is 70.0 Å². The van der Waals surface area contributed by atoms with Crippen LogP contribution in [0.15, 0.2) is 30.3 Å². The molecular weight excluding hydrogens is 366 g/mol. The monoisotopic (exact) mass is 401 g/mol. The van der Waals surface area contributed by atoms with Crippen LogP contribution in [0, 0.1) is 11.8 Å². The molecule has 0 aliphatic heterocycles. The van der Waals surface area contributed by atoms with E-state index in [9.17, 15) is 14.7 Å². The number of hydrogen-bond acceptors (Lipinski definition) is 3. The van der Waals surface area contributed by atoms with Crippen LogP contribution in [-0.4, -0.2) is 60.6 Å². The number of nitrogens with one attached hydrogen (secondary N) is 1. The van der Waals surface area contributed by atoms with Gasteiger partial charge in [0, 0.05) is 18.6 Å². The summed E-state index contributed by atoms with van der Waals surface area (Å²) in [5.74, 6) is -0.0565. The minimum Gasteiger partial charge on any atom is -0.480 e. The summed E-state index contributed by atoms with van der Waals surface area (Å²) in [5.41, 5.74) is 1.35. The normalized spacial score (nSPS) is 24.7. The fraction of sp³-hybridized carbons (Fsp3) is 0.652. The molecule has 1 aromatic carbocycles. The van der Waals surface area contributed by atoms with Crippen molar-refractivity contribution < 1.29 is 14.7 Å². The average Bonchev–Trinajstić information content (AvgIpc) is 2.67. The van der Waals surface area contributed by atoms with Gasteiger partial charge in [0.1, 0.15) is 6.54 Å². The average molecular weight is 402 g/mol. The highest BCUT2D eigenvalue weighted by Gasteiger charge is 2.39. The Hall–Kier alpha value is -2.08. The molecule has 0 atom stereocenters. The molecule has 2 N–H and O–H groups in total. The molecule has 0 unspecified atom stereocenters. The van der Waals surface area contributed by atoms with Crippen LogP contribution in [0.25, 0.3) is 0 Å². The first-order valence-electron chi connectivity index (χ1n) is 10.9. The Morgan fingerprint density at radius 2 is 1.72 bits per heavy atom. The Morgan fingerprint density at radius 3 is 2.24 bits per heavy atom. The van der Waals surface area contributed by atoms with Crippen LogP contribution in [0.2, 0.25) is 0 Å². The van der Waals surface area contributed by atoms with Gasteiger partial charge in [0.2, 0.25) is 0 Å². The lowest BCUT2D eigenvalue weighted by Crippen LogP contribution is -2.49. The lowest BCUT2D eigenvalue weighted by Gasteiger charge is -2.46. The zero-order valence-corrected chi connectivity index (χ0v) is 17.8. The molecule has 29 heavy (non-hydrogen) atoms. The first kappa shape index (κ1) is 21.6.